The first-order chi connectivity index (χ1) is 17.0. The molecule has 0 aliphatic carbocycles. The first-order valence-electron chi connectivity index (χ1n) is 10.4. The number of oxazole rings is 1. The van der Waals surface area contributed by atoms with E-state index in [1.165, 1.54) is 18.2 Å². The van der Waals surface area contributed by atoms with Crippen molar-refractivity contribution in [3.05, 3.63) is 88.9 Å². The second kappa shape index (κ2) is 9.19. The molecule has 4 aromatic carbocycles. The second-order valence-electron chi connectivity index (χ2n) is 7.93. The summed E-state index contributed by atoms with van der Waals surface area (Å²) in [6.07, 6.45) is -1.14. The summed E-state index contributed by atoms with van der Waals surface area (Å²) in [6.45, 7) is 0. The fourth-order valence-electron chi connectivity index (χ4n) is 3.92. The van der Waals surface area contributed by atoms with Crippen molar-refractivity contribution in [1.29, 1.82) is 0 Å². The van der Waals surface area contributed by atoms with Gasteiger partial charge < -0.3 is 14.2 Å². The largest absolute Gasteiger partial charge is 0.436 e. The number of halogens is 2. The van der Waals surface area contributed by atoms with Crippen LogP contribution in [0.2, 0.25) is 10.0 Å². The highest BCUT2D eigenvalue weighted by molar-refractivity contribution is 7.93. The normalized spacial score (nSPS) is 12.3. The van der Waals surface area contributed by atoms with Gasteiger partial charge in [-0.1, -0.05) is 65.7 Å². The fourth-order valence-corrected chi connectivity index (χ4v) is 7.36. The first-order valence-corrected chi connectivity index (χ1v) is 14.4. The summed E-state index contributed by atoms with van der Waals surface area (Å²) in [5.74, 6) is 0.0898. The number of fused-ring (bicyclic) bond motifs is 2. The molecule has 0 saturated carbocycles. The molecule has 0 aliphatic rings. The van der Waals surface area contributed by atoms with Gasteiger partial charge in [0, 0.05) is 15.4 Å². The minimum Gasteiger partial charge on any atom is -0.436 e. The van der Waals surface area contributed by atoms with E-state index in [1.807, 2.05) is 0 Å². The summed E-state index contributed by atoms with van der Waals surface area (Å²) in [5, 5.41) is 1.16. The zero-order valence-electron chi connectivity index (χ0n) is 18.2. The standard InChI is InChI=1S/C24H17Cl2N2O6PS/c25-16-11-17(26)13-18(12-16)36(32,33)28(14-35(29,30)31)23-19-6-2-1-5-15(19)9-10-20(23)24-27-21-7-3-4-8-22(21)34-24/h1-13H,14H2,(H2,29,30,31). The summed E-state index contributed by atoms with van der Waals surface area (Å²) in [7, 11) is -9.50. The Morgan fingerprint density at radius 3 is 2.28 bits per heavy atom. The van der Waals surface area contributed by atoms with E-state index in [9.17, 15) is 22.8 Å². The summed E-state index contributed by atoms with van der Waals surface area (Å²) in [6, 6.07) is 20.9. The predicted molar refractivity (Wildman–Crippen MR) is 140 cm³/mol. The van der Waals surface area contributed by atoms with Gasteiger partial charge in [0.25, 0.3) is 10.0 Å². The lowest BCUT2D eigenvalue weighted by Gasteiger charge is -2.27. The van der Waals surface area contributed by atoms with Gasteiger partial charge in [-0.3, -0.25) is 8.87 Å². The molecular formula is C24H17Cl2N2O6PS. The van der Waals surface area contributed by atoms with E-state index >= 15 is 0 Å². The zero-order chi connectivity index (χ0) is 25.7. The van der Waals surface area contributed by atoms with E-state index in [1.54, 1.807) is 60.7 Å². The Kier molecular flexibility index (Phi) is 6.32. The first kappa shape index (κ1) is 24.8. The highest BCUT2D eigenvalue weighted by Crippen LogP contribution is 2.46. The Hall–Kier alpha value is -2.91. The lowest BCUT2D eigenvalue weighted by Crippen LogP contribution is -2.32. The smallest absolute Gasteiger partial charge is 0.345 e. The summed E-state index contributed by atoms with van der Waals surface area (Å²) >= 11 is 12.1. The van der Waals surface area contributed by atoms with Gasteiger partial charge in [-0.15, -0.1) is 0 Å². The number of nitrogens with zero attached hydrogens (tertiary/aromatic N) is 2. The van der Waals surface area contributed by atoms with Crippen molar-refractivity contribution in [1.82, 2.24) is 4.98 Å². The molecule has 36 heavy (non-hydrogen) atoms. The van der Waals surface area contributed by atoms with Gasteiger partial charge in [-0.25, -0.2) is 13.4 Å². The molecule has 0 saturated heterocycles. The highest BCUT2D eigenvalue weighted by atomic mass is 35.5. The quantitative estimate of drug-likeness (QED) is 0.233. The number of sulfonamides is 1. The van der Waals surface area contributed by atoms with Crippen LogP contribution in [0.5, 0.6) is 0 Å². The van der Waals surface area contributed by atoms with Crippen molar-refractivity contribution in [3.8, 4) is 11.5 Å². The molecule has 8 nitrogen and oxygen atoms in total. The van der Waals surface area contributed by atoms with Crippen LogP contribution in [-0.2, 0) is 14.6 Å². The van der Waals surface area contributed by atoms with Crippen molar-refractivity contribution in [2.24, 2.45) is 0 Å². The summed E-state index contributed by atoms with van der Waals surface area (Å²) in [5.41, 5.74) is 1.24. The summed E-state index contributed by atoms with van der Waals surface area (Å²) < 4.78 is 46.7. The molecule has 12 heteroatoms. The average Bonchev–Trinajstić information content (AvgIpc) is 3.25. The maximum absolute atomic E-state index is 13.9. The molecule has 5 rings (SSSR count). The van der Waals surface area contributed by atoms with Crippen LogP contribution in [0.1, 0.15) is 0 Å². The van der Waals surface area contributed by atoms with Crippen LogP contribution in [0.15, 0.2) is 88.2 Å². The maximum atomic E-state index is 13.9. The molecule has 1 aromatic heterocycles. The van der Waals surface area contributed by atoms with E-state index < -0.39 is 23.9 Å². The molecule has 0 unspecified atom stereocenters. The van der Waals surface area contributed by atoms with Crippen LogP contribution in [0.3, 0.4) is 0 Å². The number of hydrogen-bond acceptors (Lipinski definition) is 5. The SMILES string of the molecule is O=P(O)(O)CN(c1c(-c2nc3ccccc3o2)ccc2ccccc12)S(=O)(=O)c1cc(Cl)cc(Cl)c1. The van der Waals surface area contributed by atoms with Crippen LogP contribution in [0.4, 0.5) is 5.69 Å². The average molecular weight is 563 g/mol. The molecule has 0 atom stereocenters. The fraction of sp³-hybridized carbons (Fsp3) is 0.0417. The second-order valence-corrected chi connectivity index (χ2v) is 12.3. The molecule has 0 bridgehead atoms. The molecule has 1 heterocycles. The summed E-state index contributed by atoms with van der Waals surface area (Å²) in [4.78, 5) is 24.0. The molecule has 184 valence electrons. The number of hydrogen-bond donors (Lipinski definition) is 2. The molecule has 0 spiro atoms. The minimum absolute atomic E-state index is 0.000853. The minimum atomic E-state index is -4.92. The van der Waals surface area contributed by atoms with Crippen molar-refractivity contribution in [3.63, 3.8) is 0 Å². The topological polar surface area (TPSA) is 121 Å². The molecule has 5 aromatic rings. The van der Waals surface area contributed by atoms with E-state index in [-0.39, 0.29) is 32.1 Å². The predicted octanol–water partition coefficient (Wildman–Crippen LogP) is 6.29. The Morgan fingerprint density at radius 1 is 0.917 bits per heavy atom. The van der Waals surface area contributed by atoms with E-state index in [0.717, 1.165) is 0 Å². The van der Waals surface area contributed by atoms with E-state index in [2.05, 4.69) is 4.98 Å². The third kappa shape index (κ3) is 4.74. The Labute approximate surface area is 215 Å². The van der Waals surface area contributed by atoms with Crippen LogP contribution in [-0.4, -0.2) is 29.5 Å². The molecule has 0 aliphatic heterocycles. The van der Waals surface area contributed by atoms with Crippen LogP contribution in [0, 0.1) is 0 Å². The lowest BCUT2D eigenvalue weighted by molar-refractivity contribution is 0.373. The lowest BCUT2D eigenvalue weighted by atomic mass is 10.0. The monoisotopic (exact) mass is 562 g/mol. The zero-order valence-corrected chi connectivity index (χ0v) is 21.5. The third-order valence-corrected chi connectivity index (χ3v) is 8.41. The van der Waals surface area contributed by atoms with Gasteiger partial charge >= 0.3 is 7.60 Å². The number of aromatic nitrogens is 1. The maximum Gasteiger partial charge on any atom is 0.345 e. The van der Waals surface area contributed by atoms with Crippen LogP contribution in [0.25, 0.3) is 33.3 Å². The number of para-hydroxylation sites is 2. The van der Waals surface area contributed by atoms with Crippen molar-refractivity contribution in [2.75, 3.05) is 10.6 Å². The van der Waals surface area contributed by atoms with Gasteiger partial charge in [-0.2, -0.15) is 0 Å². The molecule has 0 fully saturated rings. The van der Waals surface area contributed by atoms with Crippen molar-refractivity contribution in [2.45, 2.75) is 4.90 Å². The Bertz CT molecular complexity index is 1730. The van der Waals surface area contributed by atoms with Gasteiger partial charge in [0.15, 0.2) is 5.58 Å². The third-order valence-electron chi connectivity index (χ3n) is 5.41. The number of rotatable bonds is 6. The Balaban J connectivity index is 1.85. The molecular weight excluding hydrogens is 546 g/mol. The van der Waals surface area contributed by atoms with Gasteiger partial charge in [0.1, 0.15) is 11.8 Å². The number of benzene rings is 4. The van der Waals surface area contributed by atoms with Crippen molar-refractivity contribution < 1.29 is 27.2 Å². The molecule has 0 radical (unpaired) electrons. The highest BCUT2D eigenvalue weighted by Gasteiger charge is 2.35. The van der Waals surface area contributed by atoms with Gasteiger partial charge in [0.2, 0.25) is 5.89 Å². The number of anilines is 1. The van der Waals surface area contributed by atoms with Gasteiger partial charge in [-0.05, 0) is 41.8 Å². The van der Waals surface area contributed by atoms with Crippen LogP contribution >= 0.6 is 30.8 Å². The van der Waals surface area contributed by atoms with E-state index in [4.69, 9.17) is 27.6 Å². The molecule has 0 amide bonds. The molecule has 2 N–H and O–H groups in total. The van der Waals surface area contributed by atoms with Crippen molar-refractivity contribution >= 4 is 68.4 Å². The van der Waals surface area contributed by atoms with Gasteiger partial charge in [0.05, 0.1) is 16.1 Å². The Morgan fingerprint density at radius 2 is 1.58 bits per heavy atom. The van der Waals surface area contributed by atoms with Crippen LogP contribution < -0.4 is 4.31 Å². The van der Waals surface area contributed by atoms with E-state index in [0.29, 0.717) is 26.2 Å².